The monoisotopic (exact) mass is 245 g/mol. The van der Waals surface area contributed by atoms with Gasteiger partial charge >= 0.3 is 0 Å². The molecule has 2 rings (SSSR count). The van der Waals surface area contributed by atoms with E-state index in [0.717, 1.165) is 24.1 Å². The van der Waals surface area contributed by atoms with E-state index in [4.69, 9.17) is 4.74 Å². The molecule has 0 saturated heterocycles. The number of pyridine rings is 1. The maximum absolute atomic E-state index is 11.1. The Labute approximate surface area is 108 Å². The summed E-state index contributed by atoms with van der Waals surface area (Å²) in [6, 6.07) is 0. The maximum atomic E-state index is 11.1. The molecule has 1 aromatic heterocycles. The summed E-state index contributed by atoms with van der Waals surface area (Å²) in [6.45, 7) is 3.59. The van der Waals surface area contributed by atoms with Crippen LogP contribution in [0.3, 0.4) is 0 Å². The summed E-state index contributed by atoms with van der Waals surface area (Å²) >= 11 is 0. The highest BCUT2D eigenvalue weighted by Crippen LogP contribution is 2.32. The van der Waals surface area contributed by atoms with Crippen molar-refractivity contribution >= 4 is 11.9 Å². The first-order valence-electron chi connectivity index (χ1n) is 6.38. The highest BCUT2D eigenvalue weighted by atomic mass is 16.5. The number of rotatable bonds is 3. The molecule has 3 heteroatoms. The standard InChI is InChI=1S/C15H19NO2/c1-10(17)8-9-14-13-7-5-4-6-12(13)11(2)16-15(14)18-3/h8-9H,4-7H2,1-3H3. The number of hydrogen-bond donors (Lipinski definition) is 0. The molecule has 18 heavy (non-hydrogen) atoms. The van der Waals surface area contributed by atoms with Gasteiger partial charge in [0, 0.05) is 11.3 Å². The van der Waals surface area contributed by atoms with Gasteiger partial charge < -0.3 is 4.74 Å². The summed E-state index contributed by atoms with van der Waals surface area (Å²) in [7, 11) is 1.63. The molecular formula is C15H19NO2. The van der Waals surface area contributed by atoms with Crippen molar-refractivity contribution in [1.82, 2.24) is 4.98 Å². The van der Waals surface area contributed by atoms with E-state index in [2.05, 4.69) is 4.98 Å². The molecule has 0 bridgehead atoms. The van der Waals surface area contributed by atoms with Gasteiger partial charge in [-0.05, 0) is 62.8 Å². The van der Waals surface area contributed by atoms with Crippen LogP contribution in [0.15, 0.2) is 6.08 Å². The second-order valence-corrected chi connectivity index (χ2v) is 4.73. The number of aromatic nitrogens is 1. The number of ether oxygens (including phenoxy) is 1. The molecule has 1 heterocycles. The summed E-state index contributed by atoms with van der Waals surface area (Å²) in [5.41, 5.74) is 4.68. The Hall–Kier alpha value is -1.64. The number of aryl methyl sites for hydroxylation is 1. The molecule has 0 atom stereocenters. The van der Waals surface area contributed by atoms with E-state index in [0.29, 0.717) is 5.88 Å². The van der Waals surface area contributed by atoms with Gasteiger partial charge in [0.15, 0.2) is 5.78 Å². The molecule has 0 fully saturated rings. The van der Waals surface area contributed by atoms with Crippen LogP contribution in [0, 0.1) is 6.92 Å². The Kier molecular flexibility index (Phi) is 3.80. The van der Waals surface area contributed by atoms with E-state index < -0.39 is 0 Å². The predicted octanol–water partition coefficient (Wildman–Crippen LogP) is 2.88. The number of hydrogen-bond acceptors (Lipinski definition) is 3. The minimum atomic E-state index is 0.0437. The van der Waals surface area contributed by atoms with Gasteiger partial charge in [-0.15, -0.1) is 0 Å². The Morgan fingerprint density at radius 1 is 1.28 bits per heavy atom. The SMILES string of the molecule is COc1nc(C)c2c(c1C=CC(C)=O)CCCC2. The van der Waals surface area contributed by atoms with Gasteiger partial charge in [-0.2, -0.15) is 0 Å². The molecule has 0 unspecified atom stereocenters. The van der Waals surface area contributed by atoms with E-state index in [-0.39, 0.29) is 5.78 Å². The fraction of sp³-hybridized carbons (Fsp3) is 0.467. The minimum absolute atomic E-state index is 0.0437. The molecule has 0 N–H and O–H groups in total. The second kappa shape index (κ2) is 5.34. The zero-order chi connectivity index (χ0) is 13.1. The van der Waals surface area contributed by atoms with Crippen molar-refractivity contribution in [3.05, 3.63) is 28.5 Å². The fourth-order valence-corrected chi connectivity index (χ4v) is 2.54. The van der Waals surface area contributed by atoms with Gasteiger partial charge in [0.25, 0.3) is 0 Å². The molecule has 3 nitrogen and oxygen atoms in total. The molecule has 1 aromatic rings. The maximum Gasteiger partial charge on any atom is 0.220 e. The number of carbonyl (C=O) groups excluding carboxylic acids is 1. The van der Waals surface area contributed by atoms with E-state index in [1.165, 1.54) is 24.0 Å². The zero-order valence-electron chi connectivity index (χ0n) is 11.2. The van der Waals surface area contributed by atoms with E-state index >= 15 is 0 Å². The van der Waals surface area contributed by atoms with Gasteiger partial charge in [0.2, 0.25) is 5.88 Å². The largest absolute Gasteiger partial charge is 0.481 e. The number of ketones is 1. The van der Waals surface area contributed by atoms with Crippen LogP contribution in [0.5, 0.6) is 5.88 Å². The molecule has 0 amide bonds. The third kappa shape index (κ3) is 2.45. The molecule has 0 radical (unpaired) electrons. The average Bonchev–Trinajstić information content (AvgIpc) is 2.37. The highest BCUT2D eigenvalue weighted by molar-refractivity contribution is 5.92. The minimum Gasteiger partial charge on any atom is -0.481 e. The Balaban J connectivity index is 2.57. The van der Waals surface area contributed by atoms with Crippen molar-refractivity contribution in [2.75, 3.05) is 7.11 Å². The van der Waals surface area contributed by atoms with Crippen molar-refractivity contribution in [3.63, 3.8) is 0 Å². The number of carbonyl (C=O) groups is 1. The van der Waals surface area contributed by atoms with Gasteiger partial charge in [-0.25, -0.2) is 4.98 Å². The van der Waals surface area contributed by atoms with Crippen LogP contribution >= 0.6 is 0 Å². The topological polar surface area (TPSA) is 39.2 Å². The Bertz CT molecular complexity index is 504. The predicted molar refractivity (Wildman–Crippen MR) is 71.9 cm³/mol. The third-order valence-corrected chi connectivity index (χ3v) is 3.41. The van der Waals surface area contributed by atoms with Crippen molar-refractivity contribution in [3.8, 4) is 5.88 Å². The lowest BCUT2D eigenvalue weighted by Crippen LogP contribution is -2.10. The van der Waals surface area contributed by atoms with E-state index in [1.54, 1.807) is 20.1 Å². The van der Waals surface area contributed by atoms with Gasteiger partial charge in [-0.1, -0.05) is 0 Å². The molecule has 0 spiro atoms. The van der Waals surface area contributed by atoms with Crippen LogP contribution in [0.25, 0.3) is 6.08 Å². The van der Waals surface area contributed by atoms with Crippen LogP contribution in [0.4, 0.5) is 0 Å². The van der Waals surface area contributed by atoms with Gasteiger partial charge in [0.05, 0.1) is 7.11 Å². The van der Waals surface area contributed by atoms with Gasteiger partial charge in [-0.3, -0.25) is 4.79 Å². The van der Waals surface area contributed by atoms with Crippen LogP contribution in [0.2, 0.25) is 0 Å². The first-order valence-corrected chi connectivity index (χ1v) is 6.38. The Morgan fingerprint density at radius 2 is 1.94 bits per heavy atom. The molecular weight excluding hydrogens is 226 g/mol. The molecule has 96 valence electrons. The smallest absolute Gasteiger partial charge is 0.220 e. The van der Waals surface area contributed by atoms with Crippen molar-refractivity contribution in [2.24, 2.45) is 0 Å². The van der Waals surface area contributed by atoms with E-state index in [9.17, 15) is 4.79 Å². The molecule has 0 aliphatic heterocycles. The fourth-order valence-electron chi connectivity index (χ4n) is 2.54. The third-order valence-electron chi connectivity index (χ3n) is 3.41. The quantitative estimate of drug-likeness (QED) is 0.769. The lowest BCUT2D eigenvalue weighted by atomic mass is 9.87. The molecule has 0 aromatic carbocycles. The van der Waals surface area contributed by atoms with Crippen molar-refractivity contribution in [1.29, 1.82) is 0 Å². The molecule has 1 aliphatic rings. The summed E-state index contributed by atoms with van der Waals surface area (Å²) in [4.78, 5) is 15.6. The molecule has 1 aliphatic carbocycles. The van der Waals surface area contributed by atoms with Crippen molar-refractivity contribution in [2.45, 2.75) is 39.5 Å². The number of nitrogens with zero attached hydrogens (tertiary/aromatic N) is 1. The highest BCUT2D eigenvalue weighted by Gasteiger charge is 2.19. The van der Waals surface area contributed by atoms with Crippen LogP contribution in [-0.4, -0.2) is 17.9 Å². The number of allylic oxidation sites excluding steroid dienone is 1. The van der Waals surface area contributed by atoms with Crippen LogP contribution < -0.4 is 4.74 Å². The summed E-state index contributed by atoms with van der Waals surface area (Å²) in [5.74, 6) is 0.674. The normalized spacial score (nSPS) is 14.6. The summed E-state index contributed by atoms with van der Waals surface area (Å²) in [5, 5.41) is 0. The van der Waals surface area contributed by atoms with Gasteiger partial charge in [0.1, 0.15) is 0 Å². The summed E-state index contributed by atoms with van der Waals surface area (Å²) < 4.78 is 5.35. The zero-order valence-corrected chi connectivity index (χ0v) is 11.2. The first-order chi connectivity index (χ1) is 8.63. The summed E-state index contributed by atoms with van der Waals surface area (Å²) in [6.07, 6.45) is 7.98. The number of methoxy groups -OCH3 is 1. The second-order valence-electron chi connectivity index (χ2n) is 4.73. The molecule has 0 saturated carbocycles. The average molecular weight is 245 g/mol. The number of fused-ring (bicyclic) bond motifs is 1. The lowest BCUT2D eigenvalue weighted by Gasteiger charge is -2.21. The lowest BCUT2D eigenvalue weighted by molar-refractivity contribution is -0.112. The van der Waals surface area contributed by atoms with E-state index in [1.807, 2.05) is 13.0 Å². The van der Waals surface area contributed by atoms with Crippen molar-refractivity contribution < 1.29 is 9.53 Å². The first kappa shape index (κ1) is 12.8. The van der Waals surface area contributed by atoms with Crippen LogP contribution in [0.1, 0.15) is 42.1 Å². The van der Waals surface area contributed by atoms with Crippen LogP contribution in [-0.2, 0) is 17.6 Å². The Morgan fingerprint density at radius 3 is 2.56 bits per heavy atom.